The monoisotopic (exact) mass is 484 g/mol. The maximum Gasteiger partial charge on any atom is 0.490 e. The van der Waals surface area contributed by atoms with Crippen molar-refractivity contribution in [1.29, 1.82) is 0 Å². The summed E-state index contributed by atoms with van der Waals surface area (Å²) in [6.45, 7) is 0. The van der Waals surface area contributed by atoms with Crippen molar-refractivity contribution in [2.45, 2.75) is 29.1 Å². The smallest absolute Gasteiger partial charge is 0.475 e. The van der Waals surface area contributed by atoms with Crippen LogP contribution >= 0.6 is 11.3 Å². The fourth-order valence-corrected chi connectivity index (χ4v) is 5.38. The van der Waals surface area contributed by atoms with Crippen molar-refractivity contribution in [2.24, 2.45) is 0 Å². The van der Waals surface area contributed by atoms with Crippen LogP contribution in [-0.2, 0) is 14.8 Å². The van der Waals surface area contributed by atoms with E-state index in [1.54, 1.807) is 6.07 Å². The van der Waals surface area contributed by atoms with Gasteiger partial charge in [-0.25, -0.2) is 13.2 Å². The van der Waals surface area contributed by atoms with Gasteiger partial charge in [0.1, 0.15) is 4.21 Å². The van der Waals surface area contributed by atoms with Gasteiger partial charge in [-0.15, -0.1) is 11.3 Å². The summed E-state index contributed by atoms with van der Waals surface area (Å²) in [4.78, 5) is 8.90. The van der Waals surface area contributed by atoms with Crippen LogP contribution in [0.25, 0.3) is 0 Å². The Hall–Kier alpha value is -3.05. The summed E-state index contributed by atoms with van der Waals surface area (Å²) >= 11 is 1.28. The van der Waals surface area contributed by atoms with E-state index >= 15 is 0 Å². The predicted molar refractivity (Wildman–Crippen MR) is 117 cm³/mol. The highest BCUT2D eigenvalue weighted by molar-refractivity contribution is 7.94. The molecular formula is C21H19F3N2O4S2. The highest BCUT2D eigenvalue weighted by Gasteiger charge is 2.38. The minimum absolute atomic E-state index is 0.399. The third kappa shape index (κ3) is 6.24. The molecule has 0 saturated heterocycles. The van der Waals surface area contributed by atoms with E-state index < -0.39 is 22.2 Å². The van der Waals surface area contributed by atoms with Gasteiger partial charge in [-0.3, -0.25) is 4.72 Å². The zero-order valence-electron chi connectivity index (χ0n) is 16.5. The number of carbonyl (C=O) groups is 1. The summed E-state index contributed by atoms with van der Waals surface area (Å²) < 4.78 is 60.7. The number of anilines is 3. The SMILES string of the molecule is O=C(O)C(F)(F)F.O=S(=O)(Nc1ccccc1Nc1ccccc1)c1sccc1C1CC1. The second-order valence-corrected chi connectivity index (χ2v) is 9.68. The average Bonchev–Trinajstić information content (AvgIpc) is 3.45. The predicted octanol–water partition coefficient (Wildman–Crippen LogP) is 5.80. The number of thiophene rings is 1. The third-order valence-corrected chi connectivity index (χ3v) is 7.27. The second-order valence-electron chi connectivity index (χ2n) is 6.88. The molecule has 170 valence electrons. The molecule has 1 heterocycles. The van der Waals surface area contributed by atoms with E-state index in [1.807, 2.05) is 60.0 Å². The number of halogens is 3. The molecule has 0 radical (unpaired) electrons. The molecule has 0 amide bonds. The molecule has 6 nitrogen and oxygen atoms in total. The van der Waals surface area contributed by atoms with Crippen molar-refractivity contribution in [2.75, 3.05) is 10.0 Å². The van der Waals surface area contributed by atoms with Crippen molar-refractivity contribution < 1.29 is 31.5 Å². The molecule has 1 aliphatic rings. The van der Waals surface area contributed by atoms with E-state index in [0.29, 0.717) is 15.8 Å². The van der Waals surface area contributed by atoms with Gasteiger partial charge in [-0.1, -0.05) is 30.3 Å². The zero-order valence-corrected chi connectivity index (χ0v) is 18.1. The van der Waals surface area contributed by atoms with Crippen LogP contribution in [0.15, 0.2) is 70.3 Å². The lowest BCUT2D eigenvalue weighted by Gasteiger charge is -2.14. The van der Waals surface area contributed by atoms with Crippen LogP contribution in [0, 0.1) is 0 Å². The van der Waals surface area contributed by atoms with E-state index in [-0.39, 0.29) is 0 Å². The Labute approximate surface area is 186 Å². The van der Waals surface area contributed by atoms with Crippen molar-refractivity contribution in [3.63, 3.8) is 0 Å². The van der Waals surface area contributed by atoms with Crippen LogP contribution in [0.5, 0.6) is 0 Å². The van der Waals surface area contributed by atoms with E-state index in [1.165, 1.54) is 11.3 Å². The molecule has 0 bridgehead atoms. The first-order chi connectivity index (χ1) is 15.1. The van der Waals surface area contributed by atoms with Gasteiger partial charge in [0.25, 0.3) is 10.0 Å². The number of carboxylic acid groups (broad SMARTS) is 1. The van der Waals surface area contributed by atoms with Crippen LogP contribution in [0.4, 0.5) is 30.2 Å². The maximum atomic E-state index is 12.9. The van der Waals surface area contributed by atoms with E-state index in [9.17, 15) is 21.6 Å². The lowest BCUT2D eigenvalue weighted by molar-refractivity contribution is -0.192. The summed E-state index contributed by atoms with van der Waals surface area (Å²) in [7, 11) is -3.59. The lowest BCUT2D eigenvalue weighted by Crippen LogP contribution is -2.21. The maximum absolute atomic E-state index is 12.9. The number of rotatable bonds is 6. The first-order valence-corrected chi connectivity index (χ1v) is 11.8. The average molecular weight is 485 g/mol. The standard InChI is InChI=1S/C19H18N2O2S2.C2HF3O2/c22-25(23,19-16(12-13-24-19)14-10-11-14)21-18-9-5-4-8-17(18)20-15-6-2-1-3-7-15;3-2(4,5)1(6)7/h1-9,12-14,20-21H,10-11H2;(H,6,7). The molecule has 11 heteroatoms. The summed E-state index contributed by atoms with van der Waals surface area (Å²) in [6, 6.07) is 19.0. The number of sulfonamides is 1. The summed E-state index contributed by atoms with van der Waals surface area (Å²) in [5.74, 6) is -2.36. The van der Waals surface area contributed by atoms with Gasteiger partial charge in [0.15, 0.2) is 0 Å². The largest absolute Gasteiger partial charge is 0.490 e. The molecule has 1 aliphatic carbocycles. The van der Waals surface area contributed by atoms with Crippen LogP contribution in [0.2, 0.25) is 0 Å². The quantitative estimate of drug-likeness (QED) is 0.411. The van der Waals surface area contributed by atoms with Crippen molar-refractivity contribution in [1.82, 2.24) is 0 Å². The van der Waals surface area contributed by atoms with E-state index in [0.717, 1.165) is 29.8 Å². The molecule has 0 aliphatic heterocycles. The van der Waals surface area contributed by atoms with Crippen molar-refractivity contribution in [3.05, 3.63) is 71.6 Å². The first-order valence-electron chi connectivity index (χ1n) is 9.39. The Balaban J connectivity index is 0.000000360. The molecule has 1 fully saturated rings. The third-order valence-electron chi connectivity index (χ3n) is 4.39. The summed E-state index contributed by atoms with van der Waals surface area (Å²) in [5, 5.41) is 12.2. The van der Waals surface area contributed by atoms with Crippen LogP contribution in [0.3, 0.4) is 0 Å². The number of aliphatic carboxylic acids is 1. The fourth-order valence-electron chi connectivity index (χ4n) is 2.77. The van der Waals surface area contributed by atoms with Crippen LogP contribution in [-0.4, -0.2) is 25.7 Å². The van der Waals surface area contributed by atoms with E-state index in [4.69, 9.17) is 9.90 Å². The highest BCUT2D eigenvalue weighted by Crippen LogP contribution is 2.45. The molecule has 2 aromatic carbocycles. The second kappa shape index (κ2) is 9.61. The van der Waals surface area contributed by atoms with Gasteiger partial charge in [0, 0.05) is 5.69 Å². The van der Waals surface area contributed by atoms with Gasteiger partial charge < -0.3 is 10.4 Å². The number of carboxylic acids is 1. The van der Waals surface area contributed by atoms with Crippen molar-refractivity contribution >= 4 is 44.4 Å². The molecule has 0 atom stereocenters. The first kappa shape index (κ1) is 23.6. The van der Waals surface area contributed by atoms with Crippen LogP contribution < -0.4 is 10.0 Å². The molecule has 4 rings (SSSR count). The van der Waals surface area contributed by atoms with Gasteiger partial charge in [-0.05, 0) is 60.0 Å². The summed E-state index contributed by atoms with van der Waals surface area (Å²) in [6.07, 6.45) is -2.93. The van der Waals surface area contributed by atoms with Gasteiger partial charge >= 0.3 is 12.1 Å². The number of hydrogen-bond donors (Lipinski definition) is 3. The number of benzene rings is 2. The Morgan fingerprint density at radius 3 is 2.09 bits per heavy atom. The Kier molecular flexibility index (Phi) is 7.09. The van der Waals surface area contributed by atoms with Gasteiger partial charge in [0.05, 0.1) is 11.4 Å². The minimum Gasteiger partial charge on any atom is -0.475 e. The van der Waals surface area contributed by atoms with Gasteiger partial charge in [0.2, 0.25) is 0 Å². The molecular weight excluding hydrogens is 465 g/mol. The van der Waals surface area contributed by atoms with Crippen molar-refractivity contribution in [3.8, 4) is 0 Å². The number of nitrogens with one attached hydrogen (secondary N) is 2. The fraction of sp³-hybridized carbons (Fsp3) is 0.190. The normalized spacial score (nSPS) is 13.6. The Bertz CT molecular complexity index is 1180. The molecule has 32 heavy (non-hydrogen) atoms. The highest BCUT2D eigenvalue weighted by atomic mass is 32.2. The number of para-hydroxylation sites is 3. The van der Waals surface area contributed by atoms with Crippen LogP contribution in [0.1, 0.15) is 24.3 Å². The Morgan fingerprint density at radius 1 is 0.969 bits per heavy atom. The van der Waals surface area contributed by atoms with Gasteiger partial charge in [-0.2, -0.15) is 13.2 Å². The molecule has 1 aromatic heterocycles. The molecule has 3 N–H and O–H groups in total. The molecule has 1 saturated carbocycles. The topological polar surface area (TPSA) is 95.5 Å². The Morgan fingerprint density at radius 2 is 1.53 bits per heavy atom. The number of alkyl halides is 3. The molecule has 3 aromatic rings. The summed E-state index contributed by atoms with van der Waals surface area (Å²) in [5.41, 5.74) is 3.12. The van der Waals surface area contributed by atoms with E-state index in [2.05, 4.69) is 10.0 Å². The molecule has 0 spiro atoms. The minimum atomic E-state index is -5.08. The zero-order chi connectivity index (χ0) is 23.4. The lowest BCUT2D eigenvalue weighted by atomic mass is 10.2. The molecule has 0 unspecified atom stereocenters. The number of hydrogen-bond acceptors (Lipinski definition) is 5.